The summed E-state index contributed by atoms with van der Waals surface area (Å²) < 4.78 is 18.0. The van der Waals surface area contributed by atoms with Crippen molar-refractivity contribution < 1.29 is 66.6 Å². The van der Waals surface area contributed by atoms with E-state index in [1.54, 1.807) is 0 Å². The van der Waals surface area contributed by atoms with Gasteiger partial charge in [0.15, 0.2) is 0 Å². The Kier molecular flexibility index (Phi) is 11.4. The molecule has 0 fully saturated rings. The van der Waals surface area contributed by atoms with E-state index in [1.807, 2.05) is 0 Å². The Bertz CT molecular complexity index is 58.0. The zero-order valence-corrected chi connectivity index (χ0v) is 8.96. The molecule has 0 N–H and O–H groups in total. The third-order valence-corrected chi connectivity index (χ3v) is 0. The summed E-state index contributed by atoms with van der Waals surface area (Å²) in [5, 5.41) is 0. The summed E-state index contributed by atoms with van der Waals surface area (Å²) in [7, 11) is -1.86. The first-order chi connectivity index (χ1) is 1.73. The Morgan fingerprint density at radius 2 is 1.40 bits per heavy atom. The van der Waals surface area contributed by atoms with Crippen molar-refractivity contribution in [1.29, 1.82) is 0 Å². The first-order valence-electron chi connectivity index (χ1n) is 0.742. The molecule has 2 nitrogen and oxygen atoms in total. The molecule has 4 heteroatoms. The SMILES string of the molecule is C[S-](=O)=O.[Rb+]. The molecule has 0 radical (unpaired) electrons. The number of rotatable bonds is 0. The second kappa shape index (κ2) is 5.76. The van der Waals surface area contributed by atoms with Gasteiger partial charge in [0.05, 0.1) is 0 Å². The molecule has 0 heterocycles. The van der Waals surface area contributed by atoms with E-state index >= 15 is 0 Å². The molecule has 0 aliphatic heterocycles. The van der Waals surface area contributed by atoms with Crippen LogP contribution < -0.4 is 58.2 Å². The van der Waals surface area contributed by atoms with E-state index in [9.17, 15) is 0 Å². The van der Waals surface area contributed by atoms with Crippen LogP contribution in [0.2, 0.25) is 0 Å². The van der Waals surface area contributed by atoms with Crippen molar-refractivity contribution in [3.05, 3.63) is 0 Å². The summed E-state index contributed by atoms with van der Waals surface area (Å²) in [5.74, 6) is 0. The van der Waals surface area contributed by atoms with Crippen molar-refractivity contribution in [1.82, 2.24) is 0 Å². The molecule has 0 saturated carbocycles. The van der Waals surface area contributed by atoms with Crippen LogP contribution in [0.1, 0.15) is 0 Å². The van der Waals surface area contributed by atoms with Crippen molar-refractivity contribution in [2.45, 2.75) is 0 Å². The summed E-state index contributed by atoms with van der Waals surface area (Å²) in [4.78, 5) is 0. The monoisotopic (exact) mass is 164 g/mol. The Labute approximate surface area is 81.7 Å². The number of hydrogen-bond donors (Lipinski definition) is 0. The third kappa shape index (κ3) is 26.3. The molecule has 0 spiro atoms. The third-order valence-electron chi connectivity index (χ3n) is 0. The van der Waals surface area contributed by atoms with E-state index in [2.05, 4.69) is 0 Å². The van der Waals surface area contributed by atoms with Gasteiger partial charge in [0, 0.05) is 0 Å². The first-order valence-corrected chi connectivity index (χ1v) is 2.22. The van der Waals surface area contributed by atoms with Gasteiger partial charge >= 0.3 is 58.2 Å². The van der Waals surface area contributed by atoms with Crippen molar-refractivity contribution in [2.75, 3.05) is 6.26 Å². The molecule has 0 aromatic rings. The molecule has 0 amide bonds. The van der Waals surface area contributed by atoms with Crippen molar-refractivity contribution >= 4 is 10.7 Å². The predicted octanol–water partition coefficient (Wildman–Crippen LogP) is -3.07. The molecule has 0 aromatic carbocycles. The van der Waals surface area contributed by atoms with E-state index in [0.29, 0.717) is 0 Å². The molecular formula is CH3O2RbS. The quantitative estimate of drug-likeness (QED) is 0.356. The van der Waals surface area contributed by atoms with Crippen LogP contribution in [0, 0.1) is 0 Å². The smallest absolute Gasteiger partial charge is 0.424 e. The fraction of sp³-hybridized carbons (Fsp3) is 1.00. The molecular weight excluding hydrogens is 162 g/mol. The largest absolute Gasteiger partial charge is 1.00 e. The standard InChI is InChI=1S/CH3O2S.Rb/c1-4(2)3;/h1H3;/q-1;+1. The molecule has 0 atom stereocenters. The zero-order chi connectivity index (χ0) is 3.58. The zero-order valence-electron chi connectivity index (χ0n) is 3.22. The van der Waals surface area contributed by atoms with E-state index < -0.39 is 10.7 Å². The van der Waals surface area contributed by atoms with Crippen LogP contribution in [0.5, 0.6) is 0 Å². The molecule has 0 saturated heterocycles. The van der Waals surface area contributed by atoms with Crippen LogP contribution in [0.4, 0.5) is 0 Å². The van der Waals surface area contributed by atoms with E-state index in [4.69, 9.17) is 8.42 Å². The summed E-state index contributed by atoms with van der Waals surface area (Å²) >= 11 is 0. The molecule has 0 aliphatic rings. The van der Waals surface area contributed by atoms with Crippen LogP contribution in [-0.2, 0) is 19.1 Å². The molecule has 0 aliphatic carbocycles. The van der Waals surface area contributed by atoms with Crippen molar-refractivity contribution in [3.8, 4) is 0 Å². The molecule has 5 heavy (non-hydrogen) atoms. The Balaban J connectivity index is 0. The normalized spacial score (nSPS) is 6.80. The number of hydrogen-bond acceptors (Lipinski definition) is 3. The van der Waals surface area contributed by atoms with Gasteiger partial charge < -0.3 is 8.42 Å². The minimum Gasteiger partial charge on any atom is -0.424 e. The molecule has 0 rings (SSSR count). The van der Waals surface area contributed by atoms with Gasteiger partial charge in [-0.1, -0.05) is 17.0 Å². The van der Waals surface area contributed by atoms with Crippen LogP contribution in [0.25, 0.3) is 0 Å². The van der Waals surface area contributed by atoms with Gasteiger partial charge in [-0.25, -0.2) is 0 Å². The van der Waals surface area contributed by atoms with Crippen LogP contribution in [0.3, 0.4) is 0 Å². The van der Waals surface area contributed by atoms with Crippen LogP contribution in [0.15, 0.2) is 0 Å². The van der Waals surface area contributed by atoms with Gasteiger partial charge in [-0.05, 0) is 0 Å². The first kappa shape index (κ1) is 9.90. The van der Waals surface area contributed by atoms with Gasteiger partial charge in [0.1, 0.15) is 0 Å². The summed E-state index contributed by atoms with van der Waals surface area (Å²) in [5.41, 5.74) is 0. The van der Waals surface area contributed by atoms with Crippen molar-refractivity contribution in [2.24, 2.45) is 0 Å². The molecule has 26 valence electrons. The predicted molar refractivity (Wildman–Crippen MR) is 14.7 cm³/mol. The second-order valence-electron chi connectivity index (χ2n) is 0.401. The minimum atomic E-state index is -1.86. The fourth-order valence-electron chi connectivity index (χ4n) is 0. The summed E-state index contributed by atoms with van der Waals surface area (Å²) in [6.07, 6.45) is 1.08. The maximum Gasteiger partial charge on any atom is 1.00 e. The summed E-state index contributed by atoms with van der Waals surface area (Å²) in [6, 6.07) is 0. The van der Waals surface area contributed by atoms with E-state index in [1.165, 1.54) is 0 Å². The van der Waals surface area contributed by atoms with Gasteiger partial charge in [0.2, 0.25) is 0 Å². The van der Waals surface area contributed by atoms with Gasteiger partial charge in [-0.2, -0.15) is 0 Å². The Morgan fingerprint density at radius 3 is 1.40 bits per heavy atom. The average Bonchev–Trinajstić information content (AvgIpc) is 0.811. The van der Waals surface area contributed by atoms with Gasteiger partial charge in [0.25, 0.3) is 0 Å². The van der Waals surface area contributed by atoms with E-state index in [-0.39, 0.29) is 58.2 Å². The van der Waals surface area contributed by atoms with E-state index in [0.717, 1.165) is 6.26 Å². The van der Waals surface area contributed by atoms with Gasteiger partial charge in [-0.15, -0.1) is 0 Å². The maximum atomic E-state index is 9.00. The molecule has 0 unspecified atom stereocenters. The summed E-state index contributed by atoms with van der Waals surface area (Å²) in [6.45, 7) is 0. The van der Waals surface area contributed by atoms with Gasteiger partial charge in [-0.3, -0.25) is 0 Å². The van der Waals surface area contributed by atoms with Crippen molar-refractivity contribution in [3.63, 3.8) is 0 Å². The molecule has 0 bridgehead atoms. The Morgan fingerprint density at radius 1 is 1.40 bits per heavy atom. The topological polar surface area (TPSA) is 34.1 Å². The average molecular weight is 165 g/mol. The molecule has 0 aromatic heterocycles. The minimum absolute atomic E-state index is 0. The second-order valence-corrected chi connectivity index (χ2v) is 1.20. The van der Waals surface area contributed by atoms with Crippen LogP contribution in [-0.4, -0.2) is 6.26 Å². The van der Waals surface area contributed by atoms with Crippen LogP contribution >= 0.6 is 0 Å². The maximum absolute atomic E-state index is 9.00. The fourth-order valence-corrected chi connectivity index (χ4v) is 0. The Hall–Kier alpha value is 1.76.